The fourth-order valence-electron chi connectivity index (χ4n) is 2.01. The van der Waals surface area contributed by atoms with Crippen molar-refractivity contribution in [1.29, 1.82) is 0 Å². The summed E-state index contributed by atoms with van der Waals surface area (Å²) in [7, 11) is 2.91. The van der Waals surface area contributed by atoms with Crippen molar-refractivity contribution in [2.45, 2.75) is 6.54 Å². The van der Waals surface area contributed by atoms with Gasteiger partial charge in [0.05, 0.1) is 0 Å². The van der Waals surface area contributed by atoms with Gasteiger partial charge in [0, 0.05) is 33.0 Å². The van der Waals surface area contributed by atoms with Crippen LogP contribution in [0, 0.1) is 0 Å². The lowest BCUT2D eigenvalue weighted by molar-refractivity contribution is 0.698. The van der Waals surface area contributed by atoms with Crippen molar-refractivity contribution in [2.75, 3.05) is 5.32 Å². The Morgan fingerprint density at radius 3 is 2.73 bits per heavy atom. The number of nitrogens with zero attached hydrogens (tertiary/aromatic N) is 6. The number of aromatic nitrogens is 6. The topological polar surface area (TPSA) is 108 Å². The van der Waals surface area contributed by atoms with Gasteiger partial charge in [0.1, 0.15) is 0 Å². The van der Waals surface area contributed by atoms with Crippen LogP contribution >= 0.6 is 0 Å². The fourth-order valence-corrected chi connectivity index (χ4v) is 2.01. The second kappa shape index (κ2) is 5.35. The van der Waals surface area contributed by atoms with E-state index >= 15 is 0 Å². The van der Waals surface area contributed by atoms with Gasteiger partial charge in [0.25, 0.3) is 5.56 Å². The quantitative estimate of drug-likeness (QED) is 0.690. The molecule has 0 aliphatic carbocycles. The lowest BCUT2D eigenvalue weighted by Gasteiger charge is -2.07. The van der Waals surface area contributed by atoms with Crippen LogP contribution in [0.25, 0.3) is 11.2 Å². The Bertz CT molecular complexity index is 946. The van der Waals surface area contributed by atoms with E-state index < -0.39 is 11.2 Å². The first-order chi connectivity index (χ1) is 10.6. The zero-order chi connectivity index (χ0) is 15.7. The first-order valence-corrected chi connectivity index (χ1v) is 6.51. The summed E-state index contributed by atoms with van der Waals surface area (Å²) in [5.41, 5.74) is 0.218. The van der Waals surface area contributed by atoms with Crippen LogP contribution in [0.3, 0.4) is 0 Å². The van der Waals surface area contributed by atoms with Crippen LogP contribution in [0.5, 0.6) is 0 Å². The minimum atomic E-state index is -0.502. The number of anilines is 1. The van der Waals surface area contributed by atoms with Crippen LogP contribution in [-0.4, -0.2) is 29.3 Å². The Hall–Kier alpha value is -3.10. The highest BCUT2D eigenvalue weighted by atomic mass is 16.2. The first kappa shape index (κ1) is 13.9. The van der Waals surface area contributed by atoms with Crippen molar-refractivity contribution in [3.8, 4) is 0 Å². The summed E-state index contributed by atoms with van der Waals surface area (Å²) < 4.78 is 2.23. The molecule has 1 N–H and O–H groups in total. The third-order valence-electron chi connectivity index (χ3n) is 3.24. The molecular weight excluding hydrogens is 286 g/mol. The molecule has 0 aliphatic rings. The summed E-state index contributed by atoms with van der Waals surface area (Å²) >= 11 is 0. The van der Waals surface area contributed by atoms with Gasteiger partial charge in [-0.25, -0.2) is 9.78 Å². The van der Waals surface area contributed by atoms with Gasteiger partial charge in [-0.2, -0.15) is 0 Å². The van der Waals surface area contributed by atoms with Gasteiger partial charge in [-0.15, -0.1) is 10.2 Å². The van der Waals surface area contributed by atoms with Gasteiger partial charge in [0.2, 0.25) is 5.95 Å². The van der Waals surface area contributed by atoms with Crippen molar-refractivity contribution in [3.63, 3.8) is 0 Å². The van der Waals surface area contributed by atoms with E-state index in [2.05, 4.69) is 25.5 Å². The van der Waals surface area contributed by atoms with E-state index in [1.165, 1.54) is 18.7 Å². The predicted octanol–water partition coefficient (Wildman–Crippen LogP) is -0.571. The lowest BCUT2D eigenvalue weighted by Crippen LogP contribution is -2.38. The summed E-state index contributed by atoms with van der Waals surface area (Å²) in [6.07, 6.45) is 3.39. The molecule has 0 unspecified atom stereocenters. The van der Waals surface area contributed by atoms with Gasteiger partial charge in [0.15, 0.2) is 11.2 Å². The largest absolute Gasteiger partial charge is 0.349 e. The molecule has 9 nitrogen and oxygen atoms in total. The molecule has 3 heterocycles. The highest BCUT2D eigenvalue weighted by Crippen LogP contribution is 2.05. The molecule has 0 aromatic carbocycles. The Labute approximate surface area is 124 Å². The third-order valence-corrected chi connectivity index (χ3v) is 3.24. The summed E-state index contributed by atoms with van der Waals surface area (Å²) in [4.78, 5) is 32.1. The summed E-state index contributed by atoms with van der Waals surface area (Å²) in [6, 6.07) is 3.72. The highest BCUT2D eigenvalue weighted by molar-refractivity contribution is 5.69. The van der Waals surface area contributed by atoms with Crippen molar-refractivity contribution in [3.05, 3.63) is 50.9 Å². The number of hydrogen-bond donors (Lipinski definition) is 1. The van der Waals surface area contributed by atoms with Crippen molar-refractivity contribution < 1.29 is 0 Å². The molecule has 0 bridgehead atoms. The molecule has 0 saturated carbocycles. The molecule has 0 aliphatic heterocycles. The standard InChI is InChI=1S/C13H13N7O2/c1-19-10-9(11(21)20(2)13(19)22)16-12(18-17-10)15-7-8-4-3-5-14-6-8/h3-6H,7H2,1-2H3,(H,15,16,18). The third kappa shape index (κ3) is 2.32. The number of nitrogens with one attached hydrogen (secondary N) is 1. The molecule has 9 heteroatoms. The molecule has 0 amide bonds. The SMILES string of the molecule is Cn1c(=O)c2nc(NCc3cccnc3)nnc2n(C)c1=O. The van der Waals surface area contributed by atoms with Gasteiger partial charge >= 0.3 is 5.69 Å². The molecule has 3 aromatic rings. The van der Waals surface area contributed by atoms with E-state index in [-0.39, 0.29) is 17.1 Å². The molecule has 0 fully saturated rings. The fraction of sp³-hybridized carbons (Fsp3) is 0.231. The number of rotatable bonds is 3. The van der Waals surface area contributed by atoms with Crippen LogP contribution in [-0.2, 0) is 20.6 Å². The maximum Gasteiger partial charge on any atom is 0.332 e. The van der Waals surface area contributed by atoms with E-state index in [0.717, 1.165) is 10.1 Å². The Morgan fingerprint density at radius 1 is 1.18 bits per heavy atom. The number of fused-ring (bicyclic) bond motifs is 1. The smallest absolute Gasteiger partial charge is 0.332 e. The molecule has 0 spiro atoms. The Balaban J connectivity index is 2.00. The Kier molecular flexibility index (Phi) is 3.37. The van der Waals surface area contributed by atoms with Crippen LogP contribution in [0.15, 0.2) is 34.1 Å². The molecule has 0 saturated heterocycles. The van der Waals surface area contributed by atoms with Crippen LogP contribution in [0.1, 0.15) is 5.56 Å². The average Bonchev–Trinajstić information content (AvgIpc) is 2.57. The van der Waals surface area contributed by atoms with Gasteiger partial charge in [-0.1, -0.05) is 6.07 Å². The minimum absolute atomic E-state index is 0.0910. The molecule has 112 valence electrons. The predicted molar refractivity (Wildman–Crippen MR) is 79.4 cm³/mol. The van der Waals surface area contributed by atoms with Crippen LogP contribution in [0.4, 0.5) is 5.95 Å². The molecule has 0 radical (unpaired) electrons. The normalized spacial score (nSPS) is 10.8. The summed E-state index contributed by atoms with van der Waals surface area (Å²) in [5.74, 6) is 0.215. The lowest BCUT2D eigenvalue weighted by atomic mass is 10.3. The van der Waals surface area contributed by atoms with Crippen LogP contribution in [0.2, 0.25) is 0 Å². The molecular formula is C13H13N7O2. The summed E-state index contributed by atoms with van der Waals surface area (Å²) in [5, 5.41) is 10.8. The molecule has 22 heavy (non-hydrogen) atoms. The van der Waals surface area contributed by atoms with Crippen molar-refractivity contribution in [2.24, 2.45) is 14.1 Å². The van der Waals surface area contributed by atoms with E-state index in [0.29, 0.717) is 6.54 Å². The maximum absolute atomic E-state index is 12.1. The number of hydrogen-bond acceptors (Lipinski definition) is 7. The van der Waals surface area contributed by atoms with Crippen molar-refractivity contribution >= 4 is 17.1 Å². The highest BCUT2D eigenvalue weighted by Gasteiger charge is 2.12. The van der Waals surface area contributed by atoms with Gasteiger partial charge in [-0.05, 0) is 11.6 Å². The Morgan fingerprint density at radius 2 is 2.00 bits per heavy atom. The van der Waals surface area contributed by atoms with Crippen molar-refractivity contribution in [1.82, 2.24) is 29.3 Å². The van der Waals surface area contributed by atoms with E-state index in [4.69, 9.17) is 0 Å². The second-order valence-corrected chi connectivity index (χ2v) is 4.73. The molecule has 3 rings (SSSR count). The average molecular weight is 299 g/mol. The van der Waals surface area contributed by atoms with Gasteiger partial charge in [-0.3, -0.25) is 18.9 Å². The number of aryl methyl sites for hydroxylation is 1. The van der Waals surface area contributed by atoms with E-state index in [9.17, 15) is 9.59 Å². The van der Waals surface area contributed by atoms with Gasteiger partial charge < -0.3 is 5.32 Å². The molecule has 3 aromatic heterocycles. The van der Waals surface area contributed by atoms with Crippen LogP contribution < -0.4 is 16.6 Å². The summed E-state index contributed by atoms with van der Waals surface area (Å²) in [6.45, 7) is 0.451. The zero-order valence-electron chi connectivity index (χ0n) is 12.0. The maximum atomic E-state index is 12.1. The van der Waals surface area contributed by atoms with E-state index in [1.807, 2.05) is 12.1 Å². The molecule has 0 atom stereocenters. The second-order valence-electron chi connectivity index (χ2n) is 4.73. The first-order valence-electron chi connectivity index (χ1n) is 6.51. The zero-order valence-corrected chi connectivity index (χ0v) is 12.0. The minimum Gasteiger partial charge on any atom is -0.349 e. The number of pyridine rings is 1. The monoisotopic (exact) mass is 299 g/mol. The van der Waals surface area contributed by atoms with E-state index in [1.54, 1.807) is 12.4 Å².